The van der Waals surface area contributed by atoms with Gasteiger partial charge in [-0.25, -0.2) is 0 Å². The van der Waals surface area contributed by atoms with Crippen molar-refractivity contribution in [3.8, 4) is 5.75 Å². The molecule has 1 saturated carbocycles. The lowest BCUT2D eigenvalue weighted by Gasteiger charge is -2.31. The number of furan rings is 1. The Morgan fingerprint density at radius 3 is 2.81 bits per heavy atom. The number of carbonyl (C=O) groups is 2. The number of benzene rings is 1. The Hall–Kier alpha value is -2.76. The third kappa shape index (κ3) is 3.19. The van der Waals surface area contributed by atoms with E-state index >= 15 is 0 Å². The molecule has 0 N–H and O–H groups in total. The van der Waals surface area contributed by atoms with Gasteiger partial charge in [-0.2, -0.15) is 0 Å². The van der Waals surface area contributed by atoms with Crippen LogP contribution in [0.25, 0.3) is 0 Å². The highest BCUT2D eigenvalue weighted by Crippen LogP contribution is 2.36. The first-order valence-electron chi connectivity index (χ1n) is 9.02. The number of para-hydroxylation sites is 2. The van der Waals surface area contributed by atoms with Crippen LogP contribution in [0.15, 0.2) is 47.1 Å². The molecule has 1 aromatic heterocycles. The topological polar surface area (TPSA) is 63.0 Å². The van der Waals surface area contributed by atoms with Crippen LogP contribution in [-0.2, 0) is 9.59 Å². The molecule has 2 aliphatic rings. The molecule has 136 valence electrons. The van der Waals surface area contributed by atoms with E-state index in [-0.39, 0.29) is 36.9 Å². The lowest BCUT2D eigenvalue weighted by atomic mass is 10.1. The zero-order valence-electron chi connectivity index (χ0n) is 14.8. The summed E-state index contributed by atoms with van der Waals surface area (Å²) >= 11 is 0. The minimum Gasteiger partial charge on any atom is -0.482 e. The van der Waals surface area contributed by atoms with Gasteiger partial charge in [0, 0.05) is 19.0 Å². The Balaban J connectivity index is 1.47. The number of fused-ring (bicyclic) bond motifs is 1. The molecule has 2 aromatic rings. The van der Waals surface area contributed by atoms with Crippen LogP contribution >= 0.6 is 0 Å². The van der Waals surface area contributed by atoms with Crippen molar-refractivity contribution in [3.63, 3.8) is 0 Å². The second kappa shape index (κ2) is 6.86. The molecule has 2 heterocycles. The molecular formula is C20H22N2O4. The van der Waals surface area contributed by atoms with Crippen LogP contribution < -0.4 is 9.64 Å². The van der Waals surface area contributed by atoms with Crippen LogP contribution in [0.4, 0.5) is 5.69 Å². The van der Waals surface area contributed by atoms with Gasteiger partial charge in [-0.05, 0) is 44.0 Å². The van der Waals surface area contributed by atoms with Crippen molar-refractivity contribution in [3.05, 3.63) is 48.4 Å². The molecule has 1 aliphatic heterocycles. The van der Waals surface area contributed by atoms with Crippen LogP contribution in [0.5, 0.6) is 5.75 Å². The molecule has 6 nitrogen and oxygen atoms in total. The number of carbonyl (C=O) groups excluding carboxylic acids is 2. The number of ether oxygens (including phenoxy) is 1. The van der Waals surface area contributed by atoms with E-state index in [4.69, 9.17) is 9.15 Å². The number of hydrogen-bond acceptors (Lipinski definition) is 4. The van der Waals surface area contributed by atoms with Crippen molar-refractivity contribution in [1.29, 1.82) is 0 Å². The summed E-state index contributed by atoms with van der Waals surface area (Å²) in [4.78, 5) is 28.8. The van der Waals surface area contributed by atoms with Gasteiger partial charge in [-0.15, -0.1) is 0 Å². The van der Waals surface area contributed by atoms with Gasteiger partial charge in [-0.3, -0.25) is 9.59 Å². The Morgan fingerprint density at radius 2 is 2.08 bits per heavy atom. The number of rotatable bonds is 6. The fraction of sp³-hybridized carbons (Fsp3) is 0.400. The smallest absolute Gasteiger partial charge is 0.265 e. The largest absolute Gasteiger partial charge is 0.482 e. The summed E-state index contributed by atoms with van der Waals surface area (Å²) in [5.41, 5.74) is 0.730. The van der Waals surface area contributed by atoms with Crippen molar-refractivity contribution in [2.75, 3.05) is 18.1 Å². The monoisotopic (exact) mass is 354 g/mol. The van der Waals surface area contributed by atoms with E-state index < -0.39 is 0 Å². The van der Waals surface area contributed by atoms with Gasteiger partial charge in [0.1, 0.15) is 11.5 Å². The van der Waals surface area contributed by atoms with Crippen molar-refractivity contribution in [2.24, 2.45) is 0 Å². The summed E-state index contributed by atoms with van der Waals surface area (Å²) in [6.45, 7) is 2.36. The molecule has 0 saturated heterocycles. The third-order valence-corrected chi connectivity index (χ3v) is 4.96. The minimum atomic E-state index is -0.117. The van der Waals surface area contributed by atoms with E-state index in [0.29, 0.717) is 12.3 Å². The molecule has 4 rings (SSSR count). The predicted octanol–water partition coefficient (Wildman–Crippen LogP) is 3.15. The van der Waals surface area contributed by atoms with Crippen LogP contribution in [0, 0.1) is 0 Å². The van der Waals surface area contributed by atoms with E-state index in [1.54, 1.807) is 11.2 Å². The van der Waals surface area contributed by atoms with Crippen LogP contribution in [0.2, 0.25) is 0 Å². The van der Waals surface area contributed by atoms with Crippen molar-refractivity contribution >= 4 is 17.5 Å². The fourth-order valence-electron chi connectivity index (χ4n) is 3.49. The Morgan fingerprint density at radius 1 is 1.27 bits per heavy atom. The molecule has 0 bridgehead atoms. The highest BCUT2D eigenvalue weighted by atomic mass is 16.5. The van der Waals surface area contributed by atoms with Crippen LogP contribution in [0.3, 0.4) is 0 Å². The lowest BCUT2D eigenvalue weighted by molar-refractivity contribution is -0.134. The molecule has 0 radical (unpaired) electrons. The summed E-state index contributed by atoms with van der Waals surface area (Å²) in [6.07, 6.45) is 3.96. The molecule has 0 unspecified atom stereocenters. The zero-order chi connectivity index (χ0) is 18.1. The van der Waals surface area contributed by atoms with Gasteiger partial charge < -0.3 is 19.0 Å². The van der Waals surface area contributed by atoms with Gasteiger partial charge >= 0.3 is 0 Å². The molecule has 1 fully saturated rings. The van der Waals surface area contributed by atoms with Gasteiger partial charge in [0.15, 0.2) is 6.61 Å². The molecule has 26 heavy (non-hydrogen) atoms. The highest BCUT2D eigenvalue weighted by Gasteiger charge is 2.37. The molecule has 0 spiro atoms. The molecule has 1 aliphatic carbocycles. The summed E-state index contributed by atoms with van der Waals surface area (Å²) < 4.78 is 10.9. The zero-order valence-corrected chi connectivity index (χ0v) is 14.8. The Labute approximate surface area is 152 Å². The Kier molecular flexibility index (Phi) is 4.41. The van der Waals surface area contributed by atoms with Gasteiger partial charge in [0.2, 0.25) is 5.91 Å². The number of amides is 2. The van der Waals surface area contributed by atoms with Gasteiger partial charge in [0.25, 0.3) is 5.91 Å². The average molecular weight is 354 g/mol. The summed E-state index contributed by atoms with van der Waals surface area (Å²) in [5, 5.41) is 0. The molecule has 1 atom stereocenters. The van der Waals surface area contributed by atoms with E-state index in [9.17, 15) is 9.59 Å². The Bertz CT molecular complexity index is 798. The van der Waals surface area contributed by atoms with Crippen molar-refractivity contribution in [2.45, 2.75) is 38.3 Å². The SMILES string of the molecule is C[C@H](c1ccco1)N(C(=O)CCN1C(=O)COc2ccccc21)C1CC1. The molecule has 1 aromatic carbocycles. The lowest BCUT2D eigenvalue weighted by Crippen LogP contribution is -2.42. The summed E-state index contributed by atoms with van der Waals surface area (Å²) in [7, 11) is 0. The third-order valence-electron chi connectivity index (χ3n) is 4.96. The average Bonchev–Trinajstić information content (AvgIpc) is 3.32. The number of anilines is 1. The first-order valence-corrected chi connectivity index (χ1v) is 9.02. The maximum atomic E-state index is 12.9. The first-order chi connectivity index (χ1) is 12.6. The minimum absolute atomic E-state index is 0.0142. The summed E-state index contributed by atoms with van der Waals surface area (Å²) in [6, 6.07) is 11.3. The molecule has 2 amide bonds. The van der Waals surface area contributed by atoms with Crippen molar-refractivity contribution in [1.82, 2.24) is 4.90 Å². The van der Waals surface area contributed by atoms with Gasteiger partial charge in [0.05, 0.1) is 18.0 Å². The normalized spacial score (nSPS) is 17.4. The van der Waals surface area contributed by atoms with Crippen LogP contribution in [-0.4, -0.2) is 35.9 Å². The maximum absolute atomic E-state index is 12.9. The van der Waals surface area contributed by atoms with E-state index in [1.807, 2.05) is 48.2 Å². The van der Waals surface area contributed by atoms with Crippen LogP contribution in [0.1, 0.15) is 38.0 Å². The first kappa shape index (κ1) is 16.7. The van der Waals surface area contributed by atoms with Gasteiger partial charge in [-0.1, -0.05) is 12.1 Å². The summed E-state index contributed by atoms with van der Waals surface area (Å²) in [5.74, 6) is 1.40. The molecule has 6 heteroatoms. The quantitative estimate of drug-likeness (QED) is 0.799. The highest BCUT2D eigenvalue weighted by molar-refractivity contribution is 5.98. The molecular weight excluding hydrogens is 332 g/mol. The standard InChI is InChI=1S/C20H22N2O4/c1-14(17-7-4-12-25-17)22(15-8-9-15)19(23)10-11-21-16-5-2-3-6-18(16)26-13-20(21)24/h2-7,12,14-15H,8-11,13H2,1H3/t14-/m1/s1. The fourth-order valence-corrected chi connectivity index (χ4v) is 3.49. The maximum Gasteiger partial charge on any atom is 0.265 e. The second-order valence-corrected chi connectivity index (χ2v) is 6.78. The number of hydrogen-bond donors (Lipinski definition) is 0. The van der Waals surface area contributed by atoms with Crippen molar-refractivity contribution < 1.29 is 18.7 Å². The predicted molar refractivity (Wildman–Crippen MR) is 95.9 cm³/mol. The van der Waals surface area contributed by atoms with E-state index in [1.165, 1.54) is 0 Å². The van der Waals surface area contributed by atoms with E-state index in [2.05, 4.69) is 0 Å². The number of nitrogens with zero attached hydrogens (tertiary/aromatic N) is 2. The van der Waals surface area contributed by atoms with E-state index in [0.717, 1.165) is 24.3 Å². The second-order valence-electron chi connectivity index (χ2n) is 6.78.